The van der Waals surface area contributed by atoms with Gasteiger partial charge in [0.15, 0.2) is 0 Å². The van der Waals surface area contributed by atoms with Gasteiger partial charge in [-0.3, -0.25) is 4.90 Å². The van der Waals surface area contributed by atoms with E-state index in [-0.39, 0.29) is 0 Å². The van der Waals surface area contributed by atoms with Crippen LogP contribution in [0.2, 0.25) is 0 Å². The molecular formula is C18H27NO. The Morgan fingerprint density at radius 2 is 1.70 bits per heavy atom. The Labute approximate surface area is 123 Å². The quantitative estimate of drug-likeness (QED) is 0.812. The molecule has 3 rings (SSSR count). The summed E-state index contributed by atoms with van der Waals surface area (Å²) in [5, 5.41) is 0. The Balaban J connectivity index is 1.49. The van der Waals surface area contributed by atoms with Gasteiger partial charge in [0.1, 0.15) is 0 Å². The van der Waals surface area contributed by atoms with Crippen molar-refractivity contribution in [1.29, 1.82) is 0 Å². The van der Waals surface area contributed by atoms with Crippen LogP contribution in [0.1, 0.15) is 44.1 Å². The maximum absolute atomic E-state index is 6.27. The van der Waals surface area contributed by atoms with Crippen LogP contribution in [0.5, 0.6) is 0 Å². The van der Waals surface area contributed by atoms with Gasteiger partial charge in [-0.15, -0.1) is 0 Å². The molecule has 1 saturated carbocycles. The monoisotopic (exact) mass is 273 g/mol. The van der Waals surface area contributed by atoms with Crippen LogP contribution in [-0.2, 0) is 11.2 Å². The molecule has 2 aliphatic rings. The second-order valence-corrected chi connectivity index (χ2v) is 6.24. The fraction of sp³-hybridized carbons (Fsp3) is 0.667. The highest BCUT2D eigenvalue weighted by molar-refractivity contribution is 5.14. The molecular weight excluding hydrogens is 246 g/mol. The highest BCUT2D eigenvalue weighted by atomic mass is 16.5. The molecule has 0 amide bonds. The summed E-state index contributed by atoms with van der Waals surface area (Å²) in [5.74, 6) is 0. The zero-order chi connectivity index (χ0) is 13.6. The second kappa shape index (κ2) is 7.24. The lowest BCUT2D eigenvalue weighted by Crippen LogP contribution is -2.45. The number of benzene rings is 1. The summed E-state index contributed by atoms with van der Waals surface area (Å²) in [6, 6.07) is 11.4. The van der Waals surface area contributed by atoms with Crippen LogP contribution >= 0.6 is 0 Å². The number of ether oxygens (including phenoxy) is 1. The molecule has 1 saturated heterocycles. The molecule has 0 spiro atoms. The van der Waals surface area contributed by atoms with Gasteiger partial charge in [-0.1, -0.05) is 43.2 Å². The van der Waals surface area contributed by atoms with Gasteiger partial charge >= 0.3 is 0 Å². The molecule has 1 aromatic carbocycles. The molecule has 2 heteroatoms. The van der Waals surface area contributed by atoms with Crippen molar-refractivity contribution in [2.75, 3.05) is 19.7 Å². The number of hydrogen-bond donors (Lipinski definition) is 0. The van der Waals surface area contributed by atoms with Gasteiger partial charge < -0.3 is 4.74 Å². The maximum Gasteiger partial charge on any atom is 0.0730 e. The number of nitrogens with zero attached hydrogens (tertiary/aromatic N) is 1. The normalized spacial score (nSPS) is 27.8. The summed E-state index contributed by atoms with van der Waals surface area (Å²) in [5.41, 5.74) is 1.39. The summed E-state index contributed by atoms with van der Waals surface area (Å²) in [7, 11) is 0. The Morgan fingerprint density at radius 1 is 0.950 bits per heavy atom. The molecule has 2 atom stereocenters. The molecule has 2 fully saturated rings. The molecule has 0 N–H and O–H groups in total. The zero-order valence-electron chi connectivity index (χ0n) is 12.5. The van der Waals surface area contributed by atoms with Crippen LogP contribution in [0.4, 0.5) is 0 Å². The number of hydrogen-bond acceptors (Lipinski definition) is 2. The van der Waals surface area contributed by atoms with Gasteiger partial charge in [-0.25, -0.2) is 0 Å². The topological polar surface area (TPSA) is 12.5 Å². The van der Waals surface area contributed by atoms with Gasteiger partial charge in [0.2, 0.25) is 0 Å². The van der Waals surface area contributed by atoms with E-state index in [0.29, 0.717) is 12.1 Å². The predicted octanol–water partition coefficient (Wildman–Crippen LogP) is 3.65. The van der Waals surface area contributed by atoms with E-state index in [9.17, 15) is 0 Å². The minimum absolute atomic E-state index is 0.477. The van der Waals surface area contributed by atoms with Crippen molar-refractivity contribution >= 4 is 0 Å². The largest absolute Gasteiger partial charge is 0.376 e. The first-order chi connectivity index (χ1) is 9.93. The molecule has 1 aromatic rings. The molecule has 0 bridgehead atoms. The Morgan fingerprint density at radius 3 is 2.50 bits per heavy atom. The lowest BCUT2D eigenvalue weighted by atomic mass is 9.91. The Kier molecular flexibility index (Phi) is 5.10. The molecule has 1 aliphatic heterocycles. The summed E-state index contributed by atoms with van der Waals surface area (Å²) in [6.45, 7) is 3.46. The van der Waals surface area contributed by atoms with Gasteiger partial charge in [0.25, 0.3) is 0 Å². The molecule has 110 valence electrons. The maximum atomic E-state index is 6.27. The molecule has 0 unspecified atom stereocenters. The second-order valence-electron chi connectivity index (χ2n) is 6.24. The molecule has 1 aliphatic carbocycles. The van der Waals surface area contributed by atoms with Crippen molar-refractivity contribution in [3.8, 4) is 0 Å². The third-order valence-corrected chi connectivity index (χ3v) is 4.84. The van der Waals surface area contributed by atoms with E-state index in [4.69, 9.17) is 4.74 Å². The van der Waals surface area contributed by atoms with Crippen LogP contribution in [0.15, 0.2) is 30.3 Å². The third kappa shape index (κ3) is 3.62. The fourth-order valence-electron chi connectivity index (χ4n) is 3.74. The van der Waals surface area contributed by atoms with Crippen molar-refractivity contribution < 1.29 is 4.74 Å². The highest BCUT2D eigenvalue weighted by Crippen LogP contribution is 2.28. The summed E-state index contributed by atoms with van der Waals surface area (Å²) < 4.78 is 6.27. The SMILES string of the molecule is c1ccc(CCO[C@@H]2CCCC[C@H]2N2CCCC2)cc1. The summed E-state index contributed by atoms with van der Waals surface area (Å²) >= 11 is 0. The van der Waals surface area contributed by atoms with Crippen molar-refractivity contribution in [3.63, 3.8) is 0 Å². The van der Waals surface area contributed by atoms with Crippen molar-refractivity contribution in [3.05, 3.63) is 35.9 Å². The Hall–Kier alpha value is -0.860. The average molecular weight is 273 g/mol. The standard InChI is InChI=1S/C18H27NO/c1-2-8-16(9-3-1)12-15-20-18-11-5-4-10-17(18)19-13-6-7-14-19/h1-3,8-9,17-18H,4-7,10-15H2/t17-,18-/m1/s1. The number of likely N-dealkylation sites (tertiary alicyclic amines) is 1. The molecule has 2 nitrogen and oxygen atoms in total. The zero-order valence-corrected chi connectivity index (χ0v) is 12.5. The van der Waals surface area contributed by atoms with E-state index in [1.54, 1.807) is 0 Å². The lowest BCUT2D eigenvalue weighted by Gasteiger charge is -2.37. The minimum Gasteiger partial charge on any atom is -0.376 e. The molecule has 0 radical (unpaired) electrons. The Bertz CT molecular complexity index is 386. The van der Waals surface area contributed by atoms with Crippen LogP contribution in [0.3, 0.4) is 0 Å². The third-order valence-electron chi connectivity index (χ3n) is 4.84. The summed E-state index contributed by atoms with van der Waals surface area (Å²) in [4.78, 5) is 2.69. The van der Waals surface area contributed by atoms with E-state index >= 15 is 0 Å². The van der Waals surface area contributed by atoms with Gasteiger partial charge in [0, 0.05) is 6.04 Å². The first-order valence-electron chi connectivity index (χ1n) is 8.33. The van der Waals surface area contributed by atoms with Gasteiger partial charge in [0.05, 0.1) is 12.7 Å². The minimum atomic E-state index is 0.477. The van der Waals surface area contributed by atoms with Crippen LogP contribution in [0.25, 0.3) is 0 Å². The summed E-state index contributed by atoms with van der Waals surface area (Å²) in [6.07, 6.45) is 9.63. The van der Waals surface area contributed by atoms with Crippen LogP contribution < -0.4 is 0 Å². The van der Waals surface area contributed by atoms with E-state index in [2.05, 4.69) is 35.2 Å². The van der Waals surface area contributed by atoms with Gasteiger partial charge in [-0.2, -0.15) is 0 Å². The van der Waals surface area contributed by atoms with Crippen molar-refractivity contribution in [1.82, 2.24) is 4.90 Å². The van der Waals surface area contributed by atoms with Crippen LogP contribution in [-0.4, -0.2) is 36.7 Å². The van der Waals surface area contributed by atoms with E-state index in [0.717, 1.165) is 13.0 Å². The van der Waals surface area contributed by atoms with Crippen molar-refractivity contribution in [2.45, 2.75) is 57.1 Å². The van der Waals surface area contributed by atoms with Crippen molar-refractivity contribution in [2.24, 2.45) is 0 Å². The number of rotatable bonds is 5. The highest BCUT2D eigenvalue weighted by Gasteiger charge is 2.31. The first-order valence-corrected chi connectivity index (χ1v) is 8.33. The molecule has 0 aromatic heterocycles. The molecule has 20 heavy (non-hydrogen) atoms. The lowest BCUT2D eigenvalue weighted by molar-refractivity contribution is -0.0290. The predicted molar refractivity (Wildman–Crippen MR) is 82.9 cm³/mol. The fourth-order valence-corrected chi connectivity index (χ4v) is 3.74. The van der Waals surface area contributed by atoms with Crippen LogP contribution in [0, 0.1) is 0 Å². The first kappa shape index (κ1) is 14.1. The van der Waals surface area contributed by atoms with E-state index < -0.39 is 0 Å². The van der Waals surface area contributed by atoms with E-state index in [1.165, 1.54) is 57.2 Å². The average Bonchev–Trinajstić information content (AvgIpc) is 3.03. The molecule has 1 heterocycles. The van der Waals surface area contributed by atoms with E-state index in [1.807, 2.05) is 0 Å². The van der Waals surface area contributed by atoms with Gasteiger partial charge in [-0.05, 0) is 50.8 Å². The smallest absolute Gasteiger partial charge is 0.0730 e.